The lowest BCUT2D eigenvalue weighted by Gasteiger charge is -2.18. The van der Waals surface area contributed by atoms with Crippen molar-refractivity contribution in [2.45, 2.75) is 13.8 Å². The van der Waals surface area contributed by atoms with Crippen molar-refractivity contribution >= 4 is 17.6 Å². The molecule has 1 aromatic rings. The Bertz CT molecular complexity index is 349. The first-order chi connectivity index (χ1) is 7.16. The molecule has 0 saturated heterocycles. The van der Waals surface area contributed by atoms with Crippen LogP contribution in [-0.2, 0) is 4.79 Å². The fourth-order valence-electron chi connectivity index (χ4n) is 1.25. The lowest BCUT2D eigenvalue weighted by Crippen LogP contribution is -2.42. The highest BCUT2D eigenvalue weighted by Gasteiger charge is 2.18. The van der Waals surface area contributed by atoms with Crippen LogP contribution in [-0.4, -0.2) is 18.5 Å². The molecular weight excluding hydrogens is 192 g/mol. The number of amides is 3. The van der Waals surface area contributed by atoms with E-state index in [1.54, 1.807) is 31.2 Å². The summed E-state index contributed by atoms with van der Waals surface area (Å²) in [6.07, 6.45) is 0. The minimum absolute atomic E-state index is 0.299. The van der Waals surface area contributed by atoms with Gasteiger partial charge in [0.25, 0.3) is 0 Å². The smallest absolute Gasteiger partial charge is 0.328 e. The van der Waals surface area contributed by atoms with Crippen LogP contribution in [0.4, 0.5) is 10.5 Å². The number of urea groups is 1. The summed E-state index contributed by atoms with van der Waals surface area (Å²) in [4.78, 5) is 24.0. The molecule has 4 heteroatoms. The Balaban J connectivity index is 2.94. The molecule has 0 saturated carbocycles. The third-order valence-electron chi connectivity index (χ3n) is 1.86. The Morgan fingerprint density at radius 1 is 1.27 bits per heavy atom. The van der Waals surface area contributed by atoms with Crippen molar-refractivity contribution in [2.24, 2.45) is 0 Å². The summed E-state index contributed by atoms with van der Waals surface area (Å²) in [5.74, 6) is -0.299. The highest BCUT2D eigenvalue weighted by Crippen LogP contribution is 2.13. The Kier molecular flexibility index (Phi) is 3.85. The number of anilines is 1. The van der Waals surface area contributed by atoms with Crippen LogP contribution < -0.4 is 10.2 Å². The van der Waals surface area contributed by atoms with Gasteiger partial charge in [0.1, 0.15) is 0 Å². The number of carbonyl (C=O) groups excluding carboxylic acids is 2. The van der Waals surface area contributed by atoms with Crippen molar-refractivity contribution in [1.82, 2.24) is 5.32 Å². The summed E-state index contributed by atoms with van der Waals surface area (Å²) < 4.78 is 0. The van der Waals surface area contributed by atoms with E-state index in [0.717, 1.165) is 4.90 Å². The maximum atomic E-state index is 11.6. The van der Waals surface area contributed by atoms with Gasteiger partial charge in [0.15, 0.2) is 0 Å². The number of carbonyl (C=O) groups is 2. The normalized spacial score (nSPS) is 9.47. The molecule has 0 spiro atoms. The highest BCUT2D eigenvalue weighted by molar-refractivity contribution is 6.13. The summed E-state index contributed by atoms with van der Waals surface area (Å²) in [7, 11) is 0. The molecule has 0 heterocycles. The van der Waals surface area contributed by atoms with Gasteiger partial charge < -0.3 is 5.32 Å². The van der Waals surface area contributed by atoms with E-state index in [1.165, 1.54) is 6.92 Å². The number of nitrogens with one attached hydrogen (secondary N) is 1. The second kappa shape index (κ2) is 5.14. The number of nitrogens with zero attached hydrogens (tertiary/aromatic N) is 1. The molecule has 3 amide bonds. The van der Waals surface area contributed by atoms with Gasteiger partial charge >= 0.3 is 6.03 Å². The monoisotopic (exact) mass is 206 g/mol. The molecule has 0 bridgehead atoms. The molecule has 0 unspecified atom stereocenters. The van der Waals surface area contributed by atoms with E-state index in [2.05, 4.69) is 5.32 Å². The summed E-state index contributed by atoms with van der Waals surface area (Å²) in [6.45, 7) is 3.67. The molecule has 80 valence electrons. The predicted molar refractivity (Wildman–Crippen MR) is 58.7 cm³/mol. The molecule has 1 N–H and O–H groups in total. The van der Waals surface area contributed by atoms with E-state index in [4.69, 9.17) is 0 Å². The van der Waals surface area contributed by atoms with E-state index in [0.29, 0.717) is 12.2 Å². The SMILES string of the molecule is CCNC(=O)N(C(C)=O)c1ccccc1. The summed E-state index contributed by atoms with van der Waals surface area (Å²) in [5.41, 5.74) is 0.580. The lowest BCUT2D eigenvalue weighted by atomic mass is 10.3. The van der Waals surface area contributed by atoms with Crippen molar-refractivity contribution in [3.63, 3.8) is 0 Å². The number of hydrogen-bond acceptors (Lipinski definition) is 2. The van der Waals surface area contributed by atoms with E-state index in [-0.39, 0.29) is 5.91 Å². The fourth-order valence-corrected chi connectivity index (χ4v) is 1.25. The van der Waals surface area contributed by atoms with Crippen LogP contribution in [0.3, 0.4) is 0 Å². The number of hydrogen-bond donors (Lipinski definition) is 1. The Hall–Kier alpha value is -1.84. The van der Waals surface area contributed by atoms with Crippen molar-refractivity contribution < 1.29 is 9.59 Å². The molecule has 1 aromatic carbocycles. The summed E-state index contributed by atoms with van der Waals surface area (Å²) in [6, 6.07) is 8.44. The number of benzene rings is 1. The van der Waals surface area contributed by atoms with Crippen molar-refractivity contribution in [3.8, 4) is 0 Å². The maximum Gasteiger partial charge on any atom is 0.328 e. The topological polar surface area (TPSA) is 49.4 Å². The average Bonchev–Trinajstić information content (AvgIpc) is 2.19. The number of imide groups is 1. The summed E-state index contributed by atoms with van der Waals surface area (Å²) >= 11 is 0. The van der Waals surface area contributed by atoms with Gasteiger partial charge in [0, 0.05) is 13.5 Å². The van der Waals surface area contributed by atoms with Crippen LogP contribution >= 0.6 is 0 Å². The van der Waals surface area contributed by atoms with Crippen molar-refractivity contribution in [2.75, 3.05) is 11.4 Å². The van der Waals surface area contributed by atoms with Crippen LogP contribution in [0.2, 0.25) is 0 Å². The first kappa shape index (κ1) is 11.2. The lowest BCUT2D eigenvalue weighted by molar-refractivity contribution is -0.115. The number of para-hydroxylation sites is 1. The van der Waals surface area contributed by atoms with E-state index < -0.39 is 6.03 Å². The van der Waals surface area contributed by atoms with Crippen LogP contribution in [0.25, 0.3) is 0 Å². The zero-order valence-corrected chi connectivity index (χ0v) is 8.86. The maximum absolute atomic E-state index is 11.6. The number of rotatable bonds is 2. The van der Waals surface area contributed by atoms with Gasteiger partial charge in [-0.1, -0.05) is 18.2 Å². The van der Waals surface area contributed by atoms with Gasteiger partial charge in [-0.15, -0.1) is 0 Å². The fraction of sp³-hybridized carbons (Fsp3) is 0.273. The van der Waals surface area contributed by atoms with Gasteiger partial charge in [0.2, 0.25) is 5.91 Å². The van der Waals surface area contributed by atoms with Crippen molar-refractivity contribution in [1.29, 1.82) is 0 Å². The Labute approximate surface area is 88.9 Å². The molecule has 0 radical (unpaired) electrons. The third kappa shape index (κ3) is 2.80. The highest BCUT2D eigenvalue weighted by atomic mass is 16.2. The van der Waals surface area contributed by atoms with Crippen LogP contribution in [0.1, 0.15) is 13.8 Å². The minimum atomic E-state index is -0.392. The Morgan fingerprint density at radius 2 is 1.87 bits per heavy atom. The Morgan fingerprint density at radius 3 is 2.33 bits per heavy atom. The molecule has 0 aliphatic heterocycles. The van der Waals surface area contributed by atoms with Gasteiger partial charge in [-0.3, -0.25) is 4.79 Å². The zero-order valence-electron chi connectivity index (χ0n) is 8.86. The second-order valence-electron chi connectivity index (χ2n) is 3.03. The third-order valence-corrected chi connectivity index (χ3v) is 1.86. The van der Waals surface area contributed by atoms with Crippen molar-refractivity contribution in [3.05, 3.63) is 30.3 Å². The first-order valence-electron chi connectivity index (χ1n) is 4.80. The molecule has 4 nitrogen and oxygen atoms in total. The summed E-state index contributed by atoms with van der Waals surface area (Å²) in [5, 5.41) is 2.59. The molecule has 0 aliphatic carbocycles. The van der Waals surface area contributed by atoms with E-state index >= 15 is 0 Å². The van der Waals surface area contributed by atoms with Crippen LogP contribution in [0, 0.1) is 0 Å². The van der Waals surface area contributed by atoms with Gasteiger partial charge in [-0.05, 0) is 19.1 Å². The minimum Gasteiger partial charge on any atom is -0.338 e. The first-order valence-corrected chi connectivity index (χ1v) is 4.80. The largest absolute Gasteiger partial charge is 0.338 e. The second-order valence-corrected chi connectivity index (χ2v) is 3.03. The van der Waals surface area contributed by atoms with Gasteiger partial charge in [0.05, 0.1) is 5.69 Å². The van der Waals surface area contributed by atoms with E-state index in [9.17, 15) is 9.59 Å². The molecular formula is C11H14N2O2. The molecule has 15 heavy (non-hydrogen) atoms. The van der Waals surface area contributed by atoms with Crippen LogP contribution in [0.5, 0.6) is 0 Å². The molecule has 0 aromatic heterocycles. The van der Waals surface area contributed by atoms with Gasteiger partial charge in [-0.25, -0.2) is 9.69 Å². The molecule has 1 rings (SSSR count). The molecule has 0 fully saturated rings. The zero-order chi connectivity index (χ0) is 11.3. The van der Waals surface area contributed by atoms with E-state index in [1.807, 2.05) is 6.07 Å². The van der Waals surface area contributed by atoms with Crippen LogP contribution in [0.15, 0.2) is 30.3 Å². The standard InChI is InChI=1S/C11H14N2O2/c1-3-12-11(15)13(9(2)14)10-7-5-4-6-8-10/h4-8H,3H2,1-2H3,(H,12,15). The van der Waals surface area contributed by atoms with Gasteiger partial charge in [-0.2, -0.15) is 0 Å². The quantitative estimate of drug-likeness (QED) is 0.801. The average molecular weight is 206 g/mol. The molecule has 0 aliphatic rings. The predicted octanol–water partition coefficient (Wildman–Crippen LogP) is 1.77. The molecule has 0 atom stereocenters.